The van der Waals surface area contributed by atoms with Gasteiger partial charge in [-0.1, -0.05) is 23.7 Å². The number of hydrogen-bond acceptors (Lipinski definition) is 2. The summed E-state index contributed by atoms with van der Waals surface area (Å²) in [7, 11) is 0. The van der Waals surface area contributed by atoms with Gasteiger partial charge < -0.3 is 10.6 Å². The highest BCUT2D eigenvalue weighted by Crippen LogP contribution is 2.14. The minimum atomic E-state index is 0. The zero-order valence-corrected chi connectivity index (χ0v) is 11.7. The Morgan fingerprint density at radius 1 is 1.50 bits per heavy atom. The highest BCUT2D eigenvalue weighted by atomic mass is 35.5. The van der Waals surface area contributed by atoms with E-state index < -0.39 is 0 Å². The van der Waals surface area contributed by atoms with Gasteiger partial charge in [0.1, 0.15) is 0 Å². The van der Waals surface area contributed by atoms with Crippen LogP contribution >= 0.6 is 24.0 Å². The predicted molar refractivity (Wildman–Crippen MR) is 76.2 cm³/mol. The number of hydrogen-bond donors (Lipinski definition) is 1. The summed E-state index contributed by atoms with van der Waals surface area (Å²) in [6, 6.07) is 7.81. The molecule has 1 amide bonds. The van der Waals surface area contributed by atoms with E-state index >= 15 is 0 Å². The Balaban J connectivity index is 0.00000162. The summed E-state index contributed by atoms with van der Waals surface area (Å²) < 4.78 is 0. The fourth-order valence-corrected chi connectivity index (χ4v) is 2.33. The normalized spacial score (nSPS) is 18.6. The molecule has 100 valence electrons. The predicted octanol–water partition coefficient (Wildman–Crippen LogP) is 2.25. The Kier molecular flexibility index (Phi) is 5.93. The first-order valence-corrected chi connectivity index (χ1v) is 6.31. The second-order valence-corrected chi connectivity index (χ2v) is 4.95. The fraction of sp³-hybridized carbons (Fsp3) is 0.462. The molecule has 0 aromatic heterocycles. The molecule has 3 nitrogen and oxygen atoms in total. The first kappa shape index (κ1) is 15.3. The minimum Gasteiger partial charge on any atom is -0.341 e. The molecule has 1 unspecified atom stereocenters. The number of aryl methyl sites for hydroxylation is 1. The summed E-state index contributed by atoms with van der Waals surface area (Å²) in [6.45, 7) is 1.50. The number of likely N-dealkylation sites (tertiary alicyclic amines) is 1. The Labute approximate surface area is 119 Å². The molecule has 1 saturated heterocycles. The maximum atomic E-state index is 11.9. The van der Waals surface area contributed by atoms with Gasteiger partial charge in [0.2, 0.25) is 5.91 Å². The van der Waals surface area contributed by atoms with Crippen molar-refractivity contribution in [2.24, 2.45) is 5.73 Å². The molecule has 1 fully saturated rings. The van der Waals surface area contributed by atoms with Crippen molar-refractivity contribution in [2.45, 2.75) is 25.3 Å². The molecule has 5 heteroatoms. The zero-order valence-electron chi connectivity index (χ0n) is 10.1. The lowest BCUT2D eigenvalue weighted by Crippen LogP contribution is -2.31. The van der Waals surface area contributed by atoms with Gasteiger partial charge in [-0.05, 0) is 30.5 Å². The molecule has 1 aliphatic rings. The largest absolute Gasteiger partial charge is 0.341 e. The number of halogens is 2. The number of carbonyl (C=O) groups excluding carboxylic acids is 1. The van der Waals surface area contributed by atoms with Crippen molar-refractivity contribution in [3.05, 3.63) is 34.9 Å². The molecule has 1 heterocycles. The van der Waals surface area contributed by atoms with Gasteiger partial charge in [-0.15, -0.1) is 12.4 Å². The van der Waals surface area contributed by atoms with Crippen molar-refractivity contribution in [3.8, 4) is 0 Å². The molecule has 0 radical (unpaired) electrons. The summed E-state index contributed by atoms with van der Waals surface area (Å²) in [6.07, 6.45) is 2.20. The Bertz CT molecular complexity index is 412. The van der Waals surface area contributed by atoms with Crippen LogP contribution in [0.25, 0.3) is 0 Å². The Morgan fingerprint density at radius 3 is 2.89 bits per heavy atom. The van der Waals surface area contributed by atoms with Crippen molar-refractivity contribution in [2.75, 3.05) is 13.1 Å². The fourth-order valence-electron chi connectivity index (χ4n) is 2.12. The number of amides is 1. The van der Waals surface area contributed by atoms with Crippen molar-refractivity contribution in [1.29, 1.82) is 0 Å². The third-order valence-corrected chi connectivity index (χ3v) is 3.33. The molecule has 1 aromatic carbocycles. The van der Waals surface area contributed by atoms with Crippen LogP contribution < -0.4 is 5.73 Å². The average Bonchev–Trinajstić information content (AvgIpc) is 2.73. The van der Waals surface area contributed by atoms with Crippen LogP contribution in [0.2, 0.25) is 5.02 Å². The van der Waals surface area contributed by atoms with Gasteiger partial charge in [-0.25, -0.2) is 0 Å². The monoisotopic (exact) mass is 288 g/mol. The van der Waals surface area contributed by atoms with Crippen LogP contribution in [-0.4, -0.2) is 29.9 Å². The second kappa shape index (κ2) is 6.98. The van der Waals surface area contributed by atoms with E-state index in [4.69, 9.17) is 17.3 Å². The van der Waals surface area contributed by atoms with Gasteiger partial charge in [0.15, 0.2) is 0 Å². The van der Waals surface area contributed by atoms with Crippen LogP contribution in [0.3, 0.4) is 0 Å². The summed E-state index contributed by atoms with van der Waals surface area (Å²) in [5, 5.41) is 0.721. The van der Waals surface area contributed by atoms with E-state index in [9.17, 15) is 4.79 Å². The van der Waals surface area contributed by atoms with Crippen molar-refractivity contribution in [3.63, 3.8) is 0 Å². The summed E-state index contributed by atoms with van der Waals surface area (Å²) in [4.78, 5) is 13.7. The number of benzene rings is 1. The van der Waals surface area contributed by atoms with Crippen LogP contribution in [0, 0.1) is 0 Å². The maximum absolute atomic E-state index is 11.9. The number of carbonyl (C=O) groups is 1. The highest BCUT2D eigenvalue weighted by molar-refractivity contribution is 6.30. The maximum Gasteiger partial charge on any atom is 0.222 e. The molecule has 2 rings (SSSR count). The summed E-state index contributed by atoms with van der Waals surface area (Å²) >= 11 is 5.89. The smallest absolute Gasteiger partial charge is 0.222 e. The number of rotatable bonds is 3. The molecular weight excluding hydrogens is 271 g/mol. The quantitative estimate of drug-likeness (QED) is 0.927. The van der Waals surface area contributed by atoms with Crippen molar-refractivity contribution in [1.82, 2.24) is 4.90 Å². The molecule has 2 N–H and O–H groups in total. The van der Waals surface area contributed by atoms with Crippen molar-refractivity contribution >= 4 is 29.9 Å². The first-order chi connectivity index (χ1) is 8.15. The molecule has 1 atom stereocenters. The van der Waals surface area contributed by atoms with Gasteiger partial charge in [-0.3, -0.25) is 4.79 Å². The van der Waals surface area contributed by atoms with E-state index in [0.29, 0.717) is 13.0 Å². The van der Waals surface area contributed by atoms with Gasteiger partial charge in [0.05, 0.1) is 0 Å². The third kappa shape index (κ3) is 4.16. The highest BCUT2D eigenvalue weighted by Gasteiger charge is 2.22. The van der Waals surface area contributed by atoms with Crippen LogP contribution in [0.4, 0.5) is 0 Å². The SMILES string of the molecule is Cl.NC1CCN(C(=O)CCc2cccc(Cl)c2)C1. The van der Waals surface area contributed by atoms with Gasteiger partial charge in [0, 0.05) is 30.6 Å². The molecule has 0 bridgehead atoms. The van der Waals surface area contributed by atoms with E-state index in [-0.39, 0.29) is 24.4 Å². The van der Waals surface area contributed by atoms with Crippen LogP contribution in [0.1, 0.15) is 18.4 Å². The third-order valence-electron chi connectivity index (χ3n) is 3.09. The molecule has 1 aromatic rings. The molecule has 0 aliphatic carbocycles. The standard InChI is InChI=1S/C13H17ClN2O.ClH/c14-11-3-1-2-10(8-11)4-5-13(17)16-7-6-12(15)9-16;/h1-3,8,12H,4-7,9,15H2;1H. The van der Waals surface area contributed by atoms with E-state index in [1.165, 1.54) is 0 Å². The van der Waals surface area contributed by atoms with Crippen LogP contribution in [0.15, 0.2) is 24.3 Å². The van der Waals surface area contributed by atoms with Crippen LogP contribution in [-0.2, 0) is 11.2 Å². The lowest BCUT2D eigenvalue weighted by atomic mass is 10.1. The second-order valence-electron chi connectivity index (χ2n) is 4.52. The molecule has 0 saturated carbocycles. The van der Waals surface area contributed by atoms with Gasteiger partial charge in [-0.2, -0.15) is 0 Å². The molecule has 0 spiro atoms. The number of nitrogens with two attached hydrogens (primary N) is 1. The molecule has 1 aliphatic heterocycles. The van der Waals surface area contributed by atoms with E-state index in [0.717, 1.165) is 30.0 Å². The van der Waals surface area contributed by atoms with Crippen LogP contribution in [0.5, 0.6) is 0 Å². The van der Waals surface area contributed by atoms with E-state index in [1.54, 1.807) is 0 Å². The number of nitrogens with zero attached hydrogens (tertiary/aromatic N) is 1. The Hall–Kier alpha value is -0.770. The topological polar surface area (TPSA) is 46.3 Å². The zero-order chi connectivity index (χ0) is 12.3. The first-order valence-electron chi connectivity index (χ1n) is 5.93. The van der Waals surface area contributed by atoms with E-state index in [1.807, 2.05) is 29.2 Å². The van der Waals surface area contributed by atoms with Crippen molar-refractivity contribution < 1.29 is 4.79 Å². The van der Waals surface area contributed by atoms with Gasteiger partial charge >= 0.3 is 0 Å². The average molecular weight is 289 g/mol. The molecular formula is C13H18Cl2N2O. The Morgan fingerprint density at radius 2 is 2.28 bits per heavy atom. The summed E-state index contributed by atoms with van der Waals surface area (Å²) in [5.74, 6) is 0.193. The van der Waals surface area contributed by atoms with Gasteiger partial charge in [0.25, 0.3) is 0 Å². The molecule has 18 heavy (non-hydrogen) atoms. The summed E-state index contributed by atoms with van der Waals surface area (Å²) in [5.41, 5.74) is 6.88. The minimum absolute atomic E-state index is 0. The lowest BCUT2D eigenvalue weighted by molar-refractivity contribution is -0.130. The van der Waals surface area contributed by atoms with E-state index in [2.05, 4.69) is 0 Å². The lowest BCUT2D eigenvalue weighted by Gasteiger charge is -2.15.